The Morgan fingerprint density at radius 2 is 1.83 bits per heavy atom. The Balaban J connectivity index is 2.19. The van der Waals surface area contributed by atoms with Crippen LogP contribution in [0, 0.1) is 0 Å². The molecule has 4 nitrogen and oxygen atoms in total. The Hall–Kier alpha value is -1.52. The van der Waals surface area contributed by atoms with Crippen LogP contribution < -0.4 is 0 Å². The van der Waals surface area contributed by atoms with Crippen molar-refractivity contribution in [2.24, 2.45) is 0 Å². The van der Waals surface area contributed by atoms with Crippen LogP contribution in [0.3, 0.4) is 0 Å². The van der Waals surface area contributed by atoms with Crippen molar-refractivity contribution in [3.8, 4) is 0 Å². The van der Waals surface area contributed by atoms with E-state index < -0.39 is 6.10 Å². The normalized spacial score (nSPS) is 13.1. The predicted octanol–water partition coefficient (Wildman–Crippen LogP) is 2.00. The van der Waals surface area contributed by atoms with Crippen LogP contribution in [0.2, 0.25) is 0 Å². The van der Waals surface area contributed by atoms with E-state index >= 15 is 0 Å². The van der Waals surface area contributed by atoms with Crippen molar-refractivity contribution in [3.05, 3.63) is 36.2 Å². The molecule has 18 heavy (non-hydrogen) atoms. The Bertz CT molecular complexity index is 511. The number of aliphatic hydroxyl groups excluding tert-OH is 1. The van der Waals surface area contributed by atoms with Crippen LogP contribution in [0.4, 0.5) is 0 Å². The molecule has 0 radical (unpaired) electrons. The van der Waals surface area contributed by atoms with Gasteiger partial charge in [-0.1, -0.05) is 26.0 Å². The molecule has 1 heterocycles. The van der Waals surface area contributed by atoms with E-state index in [2.05, 4.69) is 28.7 Å². The van der Waals surface area contributed by atoms with Crippen LogP contribution in [0.15, 0.2) is 30.5 Å². The Kier molecular flexibility index (Phi) is 4.23. The second-order valence-corrected chi connectivity index (χ2v) is 4.29. The highest BCUT2D eigenvalue weighted by Gasteiger charge is 2.13. The monoisotopic (exact) mass is 245 g/mol. The molecule has 2 aromatic rings. The molecular weight excluding hydrogens is 226 g/mol. The lowest BCUT2D eigenvalue weighted by Crippen LogP contribution is -2.28. The van der Waals surface area contributed by atoms with Crippen LogP contribution in [-0.2, 0) is 0 Å². The summed E-state index contributed by atoms with van der Waals surface area (Å²) in [6.07, 6.45) is 1.08. The van der Waals surface area contributed by atoms with Gasteiger partial charge in [0.05, 0.1) is 22.9 Å². The molecule has 1 N–H and O–H groups in total. The van der Waals surface area contributed by atoms with E-state index in [-0.39, 0.29) is 0 Å². The van der Waals surface area contributed by atoms with Gasteiger partial charge >= 0.3 is 0 Å². The highest BCUT2D eigenvalue weighted by atomic mass is 16.3. The first-order chi connectivity index (χ1) is 8.74. The maximum Gasteiger partial charge on any atom is 0.110 e. The molecule has 0 aliphatic carbocycles. The number of hydrogen-bond donors (Lipinski definition) is 1. The number of rotatable bonds is 5. The van der Waals surface area contributed by atoms with Gasteiger partial charge in [-0.2, -0.15) is 0 Å². The van der Waals surface area contributed by atoms with Crippen molar-refractivity contribution < 1.29 is 5.11 Å². The van der Waals surface area contributed by atoms with Crippen LogP contribution in [-0.4, -0.2) is 39.6 Å². The van der Waals surface area contributed by atoms with E-state index in [1.54, 1.807) is 6.20 Å². The molecule has 0 unspecified atom stereocenters. The summed E-state index contributed by atoms with van der Waals surface area (Å²) in [5.74, 6) is 0. The summed E-state index contributed by atoms with van der Waals surface area (Å²) in [5, 5.41) is 10.2. The minimum atomic E-state index is -0.581. The van der Waals surface area contributed by atoms with Crippen molar-refractivity contribution in [1.82, 2.24) is 14.9 Å². The number of fused-ring (bicyclic) bond motifs is 1. The molecule has 4 heteroatoms. The van der Waals surface area contributed by atoms with Gasteiger partial charge in [0, 0.05) is 6.54 Å². The summed E-state index contributed by atoms with van der Waals surface area (Å²) in [5.41, 5.74) is 2.32. The summed E-state index contributed by atoms with van der Waals surface area (Å²) in [4.78, 5) is 10.9. The van der Waals surface area contributed by atoms with E-state index in [1.165, 1.54) is 0 Å². The number of hydrogen-bond acceptors (Lipinski definition) is 4. The SMILES string of the molecule is CCN(CC)C[C@@H](O)c1cnc2ccccc2n1. The first-order valence-corrected chi connectivity index (χ1v) is 6.36. The van der Waals surface area contributed by atoms with Crippen molar-refractivity contribution in [2.45, 2.75) is 20.0 Å². The minimum Gasteiger partial charge on any atom is -0.385 e. The number of para-hydroxylation sites is 2. The summed E-state index contributed by atoms with van der Waals surface area (Å²) >= 11 is 0. The summed E-state index contributed by atoms with van der Waals surface area (Å²) < 4.78 is 0. The fourth-order valence-corrected chi connectivity index (χ4v) is 1.95. The number of nitrogens with zero attached hydrogens (tertiary/aromatic N) is 3. The van der Waals surface area contributed by atoms with E-state index in [1.807, 2.05) is 24.3 Å². The molecule has 1 aromatic heterocycles. The smallest absolute Gasteiger partial charge is 0.110 e. The van der Waals surface area contributed by atoms with Crippen LogP contribution in [0.5, 0.6) is 0 Å². The third-order valence-electron chi connectivity index (χ3n) is 3.13. The molecule has 0 bridgehead atoms. The molecule has 0 saturated carbocycles. The third kappa shape index (κ3) is 2.83. The van der Waals surface area contributed by atoms with Crippen molar-refractivity contribution in [1.29, 1.82) is 0 Å². The quantitative estimate of drug-likeness (QED) is 0.875. The topological polar surface area (TPSA) is 49.2 Å². The predicted molar refractivity (Wildman–Crippen MR) is 72.3 cm³/mol. The fraction of sp³-hybridized carbons (Fsp3) is 0.429. The first kappa shape index (κ1) is 12.9. The second-order valence-electron chi connectivity index (χ2n) is 4.29. The Labute approximate surface area is 107 Å². The van der Waals surface area contributed by atoms with Crippen molar-refractivity contribution in [3.63, 3.8) is 0 Å². The Morgan fingerprint density at radius 3 is 2.50 bits per heavy atom. The molecule has 0 fully saturated rings. The highest BCUT2D eigenvalue weighted by Crippen LogP contribution is 2.15. The summed E-state index contributed by atoms with van der Waals surface area (Å²) in [6, 6.07) is 7.69. The van der Waals surface area contributed by atoms with Gasteiger partial charge in [0.15, 0.2) is 0 Å². The molecule has 0 saturated heterocycles. The van der Waals surface area contributed by atoms with Crippen LogP contribution in [0.1, 0.15) is 25.6 Å². The zero-order chi connectivity index (χ0) is 13.0. The number of aromatic nitrogens is 2. The first-order valence-electron chi connectivity index (χ1n) is 6.36. The van der Waals surface area contributed by atoms with Gasteiger partial charge in [0.1, 0.15) is 6.10 Å². The lowest BCUT2D eigenvalue weighted by Gasteiger charge is -2.21. The van der Waals surface area contributed by atoms with E-state index in [0.717, 1.165) is 24.1 Å². The van der Waals surface area contributed by atoms with Gasteiger partial charge in [0.25, 0.3) is 0 Å². The number of likely N-dealkylation sites (N-methyl/N-ethyl adjacent to an activating group) is 1. The number of benzene rings is 1. The highest BCUT2D eigenvalue weighted by molar-refractivity contribution is 5.73. The largest absolute Gasteiger partial charge is 0.385 e. The van der Waals surface area contributed by atoms with Crippen molar-refractivity contribution >= 4 is 11.0 Å². The molecule has 0 spiro atoms. The molecular formula is C14H19N3O. The van der Waals surface area contributed by atoms with Crippen LogP contribution in [0.25, 0.3) is 11.0 Å². The van der Waals surface area contributed by atoms with Gasteiger partial charge in [-0.3, -0.25) is 4.98 Å². The molecule has 2 rings (SSSR count). The summed E-state index contributed by atoms with van der Waals surface area (Å²) in [6.45, 7) is 6.62. The number of aliphatic hydroxyl groups is 1. The van der Waals surface area contributed by atoms with Gasteiger partial charge in [-0.25, -0.2) is 4.98 Å². The maximum atomic E-state index is 10.2. The average Bonchev–Trinajstić information content (AvgIpc) is 2.44. The van der Waals surface area contributed by atoms with E-state index in [4.69, 9.17) is 0 Å². The lowest BCUT2D eigenvalue weighted by atomic mass is 10.2. The molecule has 1 atom stereocenters. The van der Waals surface area contributed by atoms with E-state index in [0.29, 0.717) is 12.2 Å². The molecule has 96 valence electrons. The van der Waals surface area contributed by atoms with Gasteiger partial charge < -0.3 is 10.0 Å². The standard InChI is InChI=1S/C14H19N3O/c1-3-17(4-2)10-14(18)13-9-15-11-7-5-6-8-12(11)16-13/h5-9,14,18H,3-4,10H2,1-2H3/t14-/m1/s1. The molecule has 0 amide bonds. The van der Waals surface area contributed by atoms with Gasteiger partial charge in [-0.15, -0.1) is 0 Å². The zero-order valence-electron chi connectivity index (χ0n) is 10.9. The molecule has 0 aliphatic heterocycles. The molecule has 0 aliphatic rings. The van der Waals surface area contributed by atoms with Gasteiger partial charge in [0.2, 0.25) is 0 Å². The minimum absolute atomic E-state index is 0.581. The Morgan fingerprint density at radius 1 is 1.17 bits per heavy atom. The zero-order valence-corrected chi connectivity index (χ0v) is 10.9. The van der Waals surface area contributed by atoms with E-state index in [9.17, 15) is 5.11 Å². The second kappa shape index (κ2) is 5.89. The average molecular weight is 245 g/mol. The maximum absolute atomic E-state index is 10.2. The lowest BCUT2D eigenvalue weighted by molar-refractivity contribution is 0.115. The summed E-state index contributed by atoms with van der Waals surface area (Å²) in [7, 11) is 0. The third-order valence-corrected chi connectivity index (χ3v) is 3.13. The van der Waals surface area contributed by atoms with Crippen LogP contribution >= 0.6 is 0 Å². The van der Waals surface area contributed by atoms with Crippen molar-refractivity contribution in [2.75, 3.05) is 19.6 Å². The van der Waals surface area contributed by atoms with Gasteiger partial charge in [-0.05, 0) is 25.2 Å². The molecule has 1 aromatic carbocycles. The fourth-order valence-electron chi connectivity index (χ4n) is 1.95.